The Morgan fingerprint density at radius 1 is 0.854 bits per heavy atom. The second kappa shape index (κ2) is 16.8. The molecule has 0 unspecified atom stereocenters. The maximum absolute atomic E-state index is 14.6. The number of aryl methyl sites for hydroxylation is 1. The molecule has 0 aliphatic heterocycles. The molecule has 1 N–H and O–H groups in total. The van der Waals surface area contributed by atoms with E-state index in [4.69, 9.17) is 9.47 Å². The summed E-state index contributed by atoms with van der Waals surface area (Å²) in [5.41, 5.74) is 2.56. The lowest BCUT2D eigenvalue weighted by Gasteiger charge is -2.34. The Kier molecular flexibility index (Phi) is 12.6. The summed E-state index contributed by atoms with van der Waals surface area (Å²) < 4.78 is 54.3. The molecule has 0 aliphatic rings. The van der Waals surface area contributed by atoms with E-state index >= 15 is 0 Å². The van der Waals surface area contributed by atoms with E-state index in [1.54, 1.807) is 36.4 Å². The molecule has 0 bridgehead atoms. The van der Waals surface area contributed by atoms with Crippen molar-refractivity contribution in [2.45, 2.75) is 50.6 Å². The van der Waals surface area contributed by atoms with Gasteiger partial charge in [-0.1, -0.05) is 73.5 Å². The average molecular weight is 676 g/mol. The van der Waals surface area contributed by atoms with Gasteiger partial charge < -0.3 is 19.7 Å². The molecule has 48 heavy (non-hydrogen) atoms. The van der Waals surface area contributed by atoms with Gasteiger partial charge in [0, 0.05) is 25.6 Å². The van der Waals surface area contributed by atoms with Gasteiger partial charge in [0.2, 0.25) is 11.8 Å². The third kappa shape index (κ3) is 9.13. The molecule has 9 nitrogen and oxygen atoms in total. The molecular formula is C37H42FN3O6S. The number of amides is 2. The van der Waals surface area contributed by atoms with Crippen LogP contribution < -0.4 is 19.1 Å². The van der Waals surface area contributed by atoms with Crippen molar-refractivity contribution < 1.29 is 31.9 Å². The van der Waals surface area contributed by atoms with Crippen LogP contribution in [-0.4, -0.2) is 58.5 Å². The van der Waals surface area contributed by atoms with Crippen molar-refractivity contribution >= 4 is 27.5 Å². The van der Waals surface area contributed by atoms with E-state index in [0.29, 0.717) is 17.9 Å². The zero-order chi connectivity index (χ0) is 34.7. The van der Waals surface area contributed by atoms with Crippen molar-refractivity contribution in [2.24, 2.45) is 0 Å². The first-order valence-electron chi connectivity index (χ1n) is 15.7. The van der Waals surface area contributed by atoms with Crippen molar-refractivity contribution in [1.82, 2.24) is 10.2 Å². The highest BCUT2D eigenvalue weighted by Crippen LogP contribution is 2.32. The number of sulfonamides is 1. The number of anilines is 1. The first kappa shape index (κ1) is 35.9. The molecule has 0 aromatic heterocycles. The zero-order valence-electron chi connectivity index (χ0n) is 27.7. The Morgan fingerprint density at radius 3 is 2.15 bits per heavy atom. The highest BCUT2D eigenvalue weighted by Gasteiger charge is 2.35. The van der Waals surface area contributed by atoms with Crippen LogP contribution in [0.2, 0.25) is 0 Å². The maximum Gasteiger partial charge on any atom is 0.264 e. The molecule has 0 saturated heterocycles. The van der Waals surface area contributed by atoms with Gasteiger partial charge >= 0.3 is 0 Å². The van der Waals surface area contributed by atoms with Gasteiger partial charge in [-0.2, -0.15) is 0 Å². The van der Waals surface area contributed by atoms with Gasteiger partial charge in [0.25, 0.3) is 10.0 Å². The lowest BCUT2D eigenvalue weighted by molar-refractivity contribution is -0.140. The number of ether oxygens (including phenoxy) is 2. The predicted octanol–water partition coefficient (Wildman–Crippen LogP) is 5.90. The van der Waals surface area contributed by atoms with Crippen molar-refractivity contribution in [3.05, 3.63) is 120 Å². The minimum absolute atomic E-state index is 0.0596. The fourth-order valence-corrected chi connectivity index (χ4v) is 6.62. The molecule has 0 saturated carbocycles. The van der Waals surface area contributed by atoms with E-state index in [0.717, 1.165) is 28.3 Å². The lowest BCUT2D eigenvalue weighted by Crippen LogP contribution is -2.53. The topological polar surface area (TPSA) is 105 Å². The third-order valence-electron chi connectivity index (χ3n) is 7.91. The van der Waals surface area contributed by atoms with Gasteiger partial charge in [0.1, 0.15) is 18.4 Å². The average Bonchev–Trinajstić information content (AvgIpc) is 3.10. The Morgan fingerprint density at radius 2 is 1.52 bits per heavy atom. The number of benzene rings is 4. The smallest absolute Gasteiger partial charge is 0.264 e. The van der Waals surface area contributed by atoms with Gasteiger partial charge in [-0.15, -0.1) is 0 Å². The van der Waals surface area contributed by atoms with Crippen LogP contribution in [0.3, 0.4) is 0 Å². The van der Waals surface area contributed by atoms with Gasteiger partial charge in [-0.3, -0.25) is 13.9 Å². The van der Waals surface area contributed by atoms with Gasteiger partial charge in [-0.25, -0.2) is 12.8 Å². The first-order chi connectivity index (χ1) is 23.1. The summed E-state index contributed by atoms with van der Waals surface area (Å²) in [6, 6.07) is 24.9. The standard InChI is InChI=1S/C37H42FN3O6S/c1-5-6-22-39-37(43)33(23-28-10-8-7-9-11-28)40(25-29-14-16-30(38)17-15-29)36(42)26-41(31-18-12-27(2)13-19-31)48(44,45)32-20-21-34(46-3)35(24-32)47-4/h7-21,24,33H,5-6,22-23,25-26H2,1-4H3,(H,39,43)/t33-/m0/s1. The minimum atomic E-state index is -4.35. The molecule has 4 aromatic carbocycles. The van der Waals surface area contributed by atoms with E-state index in [-0.39, 0.29) is 35.2 Å². The van der Waals surface area contributed by atoms with Gasteiger partial charge in [0.15, 0.2) is 11.5 Å². The summed E-state index contributed by atoms with van der Waals surface area (Å²) >= 11 is 0. The number of hydrogen-bond acceptors (Lipinski definition) is 6. The summed E-state index contributed by atoms with van der Waals surface area (Å²) in [4.78, 5) is 29.7. The van der Waals surface area contributed by atoms with Crippen LogP contribution in [-0.2, 0) is 32.6 Å². The molecule has 4 aromatic rings. The number of carbonyl (C=O) groups is 2. The summed E-state index contributed by atoms with van der Waals surface area (Å²) in [5.74, 6) is -0.875. The van der Waals surface area contributed by atoms with Gasteiger partial charge in [0.05, 0.1) is 24.8 Å². The van der Waals surface area contributed by atoms with Crippen LogP contribution >= 0.6 is 0 Å². The van der Waals surface area contributed by atoms with E-state index < -0.39 is 34.3 Å². The molecule has 2 amide bonds. The molecule has 11 heteroatoms. The lowest BCUT2D eigenvalue weighted by atomic mass is 10.0. The number of halogens is 1. The van der Waals surface area contributed by atoms with Crippen molar-refractivity contribution in [3.8, 4) is 11.5 Å². The Bertz CT molecular complexity index is 1770. The van der Waals surface area contributed by atoms with E-state index in [2.05, 4.69) is 5.32 Å². The van der Waals surface area contributed by atoms with E-state index in [1.807, 2.05) is 44.2 Å². The van der Waals surface area contributed by atoms with Crippen LogP contribution in [0.15, 0.2) is 102 Å². The monoisotopic (exact) mass is 675 g/mol. The Balaban J connectivity index is 1.80. The maximum atomic E-state index is 14.6. The minimum Gasteiger partial charge on any atom is -0.493 e. The van der Waals surface area contributed by atoms with Crippen LogP contribution in [0.4, 0.5) is 10.1 Å². The van der Waals surface area contributed by atoms with Crippen LogP contribution in [0.25, 0.3) is 0 Å². The van der Waals surface area contributed by atoms with E-state index in [9.17, 15) is 22.4 Å². The second-order valence-electron chi connectivity index (χ2n) is 11.4. The van der Waals surface area contributed by atoms with Crippen LogP contribution in [0.1, 0.15) is 36.5 Å². The number of rotatable bonds is 16. The molecule has 1 atom stereocenters. The quantitative estimate of drug-likeness (QED) is 0.148. The summed E-state index contributed by atoms with van der Waals surface area (Å²) in [6.45, 7) is 3.63. The summed E-state index contributed by atoms with van der Waals surface area (Å²) in [7, 11) is -1.50. The van der Waals surface area contributed by atoms with Crippen molar-refractivity contribution in [2.75, 3.05) is 31.6 Å². The fourth-order valence-electron chi connectivity index (χ4n) is 5.19. The number of nitrogens with zero attached hydrogens (tertiary/aromatic N) is 2. The molecule has 0 heterocycles. The largest absolute Gasteiger partial charge is 0.493 e. The summed E-state index contributed by atoms with van der Waals surface area (Å²) in [6.07, 6.45) is 1.79. The van der Waals surface area contributed by atoms with Crippen molar-refractivity contribution in [1.29, 1.82) is 0 Å². The van der Waals surface area contributed by atoms with Crippen LogP contribution in [0.5, 0.6) is 11.5 Å². The predicted molar refractivity (Wildman–Crippen MR) is 184 cm³/mol. The molecule has 0 aliphatic carbocycles. The normalized spacial score (nSPS) is 11.8. The highest BCUT2D eigenvalue weighted by molar-refractivity contribution is 7.92. The molecular weight excluding hydrogens is 633 g/mol. The Hall–Kier alpha value is -4.90. The number of hydrogen-bond donors (Lipinski definition) is 1. The summed E-state index contributed by atoms with van der Waals surface area (Å²) in [5, 5.41) is 2.95. The number of carbonyl (C=O) groups excluding carboxylic acids is 2. The number of unbranched alkanes of at least 4 members (excludes halogenated alkanes) is 1. The van der Waals surface area contributed by atoms with E-state index in [1.165, 1.54) is 49.5 Å². The number of methoxy groups -OCH3 is 2. The SMILES string of the molecule is CCCCNC(=O)[C@H](Cc1ccccc1)N(Cc1ccc(F)cc1)C(=O)CN(c1ccc(C)cc1)S(=O)(=O)c1ccc(OC)c(OC)c1. The first-order valence-corrected chi connectivity index (χ1v) is 17.2. The molecule has 0 radical (unpaired) electrons. The third-order valence-corrected chi connectivity index (χ3v) is 9.68. The molecule has 0 fully saturated rings. The van der Waals surface area contributed by atoms with Gasteiger partial charge in [-0.05, 0) is 60.9 Å². The molecule has 254 valence electrons. The molecule has 0 spiro atoms. The molecule has 4 rings (SSSR count). The van der Waals surface area contributed by atoms with Crippen LogP contribution in [0, 0.1) is 12.7 Å². The number of nitrogens with one attached hydrogen (secondary N) is 1. The zero-order valence-corrected chi connectivity index (χ0v) is 28.5. The Labute approximate surface area is 282 Å². The second-order valence-corrected chi connectivity index (χ2v) is 13.2. The van der Waals surface area contributed by atoms with Crippen molar-refractivity contribution in [3.63, 3.8) is 0 Å². The highest BCUT2D eigenvalue weighted by atomic mass is 32.2. The fraction of sp³-hybridized carbons (Fsp3) is 0.297.